The second-order valence-electron chi connectivity index (χ2n) is 8.33. The summed E-state index contributed by atoms with van der Waals surface area (Å²) in [4.78, 5) is 10.9. The Kier molecular flexibility index (Phi) is 7.19. The molecular formula is C25H28N6O3S. The van der Waals surface area contributed by atoms with E-state index in [9.17, 15) is 8.42 Å². The van der Waals surface area contributed by atoms with Crippen molar-refractivity contribution >= 4 is 27.3 Å². The van der Waals surface area contributed by atoms with Crippen LogP contribution in [0, 0.1) is 25.2 Å². The second-order valence-corrected chi connectivity index (χ2v) is 10.6. The van der Waals surface area contributed by atoms with Crippen molar-refractivity contribution in [2.24, 2.45) is 0 Å². The summed E-state index contributed by atoms with van der Waals surface area (Å²) in [6.07, 6.45) is 1.62. The maximum Gasteiger partial charge on any atom is 0.230 e. The van der Waals surface area contributed by atoms with Crippen LogP contribution >= 0.6 is 0 Å². The molecule has 2 heterocycles. The van der Waals surface area contributed by atoms with E-state index in [1.54, 1.807) is 35.6 Å². The van der Waals surface area contributed by atoms with Gasteiger partial charge in [0.1, 0.15) is 5.75 Å². The molecule has 4 rings (SSSR count). The summed E-state index contributed by atoms with van der Waals surface area (Å²) >= 11 is 0. The highest BCUT2D eigenvalue weighted by molar-refractivity contribution is 7.89. The lowest BCUT2D eigenvalue weighted by atomic mass is 10.1. The fourth-order valence-corrected chi connectivity index (χ4v) is 5.12. The van der Waals surface area contributed by atoms with Crippen molar-refractivity contribution in [2.75, 3.05) is 42.1 Å². The van der Waals surface area contributed by atoms with Crippen LogP contribution in [0.2, 0.25) is 0 Å². The van der Waals surface area contributed by atoms with Gasteiger partial charge in [0.2, 0.25) is 21.9 Å². The average molecular weight is 493 g/mol. The van der Waals surface area contributed by atoms with E-state index in [1.165, 1.54) is 0 Å². The Hall–Kier alpha value is -3.68. The number of ether oxygens (including phenoxy) is 1. The van der Waals surface area contributed by atoms with Gasteiger partial charge in [-0.15, -0.1) is 0 Å². The van der Waals surface area contributed by atoms with E-state index in [4.69, 9.17) is 10.00 Å². The molecule has 1 aliphatic heterocycles. The summed E-state index contributed by atoms with van der Waals surface area (Å²) in [6.45, 7) is 7.77. The van der Waals surface area contributed by atoms with Crippen LogP contribution in [0.3, 0.4) is 0 Å². The van der Waals surface area contributed by atoms with Crippen LogP contribution in [0.15, 0.2) is 48.7 Å². The molecule has 9 nitrogen and oxygen atoms in total. The first-order valence-corrected chi connectivity index (χ1v) is 13.0. The van der Waals surface area contributed by atoms with Gasteiger partial charge in [0.15, 0.2) is 0 Å². The number of sulfonamides is 1. The van der Waals surface area contributed by atoms with Crippen LogP contribution in [-0.4, -0.2) is 54.6 Å². The maximum absolute atomic E-state index is 12.1. The quantitative estimate of drug-likeness (QED) is 0.527. The standard InChI is InChI=1S/C25H28N6O3S/c1-4-35(32,33)31-13-11-30(12-14-31)22-7-5-21(6-8-22)28-25-27-10-9-23(29-25)34-24-18(2)15-20(17-26)16-19(24)3/h5-10,15-16H,4,11-14H2,1-3H3,(H,27,28,29). The summed E-state index contributed by atoms with van der Waals surface area (Å²) in [7, 11) is -3.14. The van der Waals surface area contributed by atoms with E-state index in [2.05, 4.69) is 26.3 Å². The van der Waals surface area contributed by atoms with Gasteiger partial charge < -0.3 is 15.0 Å². The smallest absolute Gasteiger partial charge is 0.230 e. The maximum atomic E-state index is 12.1. The predicted octanol–water partition coefficient (Wildman–Crippen LogP) is 3.97. The number of aryl methyl sites for hydroxylation is 2. The molecule has 0 spiro atoms. The first kappa shape index (κ1) is 24.4. The topological polar surface area (TPSA) is 111 Å². The Balaban J connectivity index is 1.40. The Bertz CT molecular complexity index is 1320. The average Bonchev–Trinajstić information content (AvgIpc) is 2.87. The molecule has 0 saturated carbocycles. The third-order valence-electron chi connectivity index (χ3n) is 5.91. The number of piperazine rings is 1. The molecule has 1 saturated heterocycles. The van der Waals surface area contributed by atoms with Crippen molar-refractivity contribution in [3.8, 4) is 17.7 Å². The SMILES string of the molecule is CCS(=O)(=O)N1CCN(c2ccc(Nc3nccc(Oc4c(C)cc(C#N)cc4C)n3)cc2)CC1. The molecular weight excluding hydrogens is 464 g/mol. The minimum atomic E-state index is -3.14. The fraction of sp³-hybridized carbons (Fsp3) is 0.320. The zero-order valence-electron chi connectivity index (χ0n) is 20.0. The molecule has 182 valence electrons. The molecule has 0 atom stereocenters. The molecule has 1 N–H and O–H groups in total. The number of nitrogens with zero attached hydrogens (tertiary/aromatic N) is 5. The summed E-state index contributed by atoms with van der Waals surface area (Å²) < 4.78 is 31.7. The largest absolute Gasteiger partial charge is 0.438 e. The summed E-state index contributed by atoms with van der Waals surface area (Å²) in [5, 5.41) is 12.3. The lowest BCUT2D eigenvalue weighted by molar-refractivity contribution is 0.385. The Labute approximate surface area is 206 Å². The van der Waals surface area contributed by atoms with Gasteiger partial charge in [-0.1, -0.05) is 0 Å². The highest BCUT2D eigenvalue weighted by atomic mass is 32.2. The van der Waals surface area contributed by atoms with Crippen molar-refractivity contribution in [2.45, 2.75) is 20.8 Å². The Morgan fingerprint density at radius 1 is 1.06 bits per heavy atom. The number of hydrogen-bond donors (Lipinski definition) is 1. The van der Waals surface area contributed by atoms with Gasteiger partial charge in [-0.05, 0) is 68.3 Å². The number of nitrogens with one attached hydrogen (secondary N) is 1. The molecule has 0 bridgehead atoms. The van der Waals surface area contributed by atoms with Gasteiger partial charge in [0.05, 0.1) is 17.4 Å². The number of anilines is 3. The monoisotopic (exact) mass is 492 g/mol. The van der Waals surface area contributed by atoms with E-state index in [0.29, 0.717) is 49.3 Å². The van der Waals surface area contributed by atoms with Gasteiger partial charge in [-0.25, -0.2) is 13.4 Å². The Morgan fingerprint density at radius 3 is 2.31 bits per heavy atom. The van der Waals surface area contributed by atoms with Crippen LogP contribution in [-0.2, 0) is 10.0 Å². The minimum absolute atomic E-state index is 0.133. The molecule has 1 fully saturated rings. The number of aromatic nitrogens is 2. The highest BCUT2D eigenvalue weighted by Gasteiger charge is 2.25. The highest BCUT2D eigenvalue weighted by Crippen LogP contribution is 2.29. The molecule has 35 heavy (non-hydrogen) atoms. The zero-order chi connectivity index (χ0) is 25.0. The van der Waals surface area contributed by atoms with Crippen LogP contribution < -0.4 is 15.0 Å². The van der Waals surface area contributed by atoms with Crippen molar-refractivity contribution in [1.82, 2.24) is 14.3 Å². The van der Waals surface area contributed by atoms with Gasteiger partial charge in [-0.2, -0.15) is 14.6 Å². The molecule has 0 aliphatic carbocycles. The van der Waals surface area contributed by atoms with E-state index in [-0.39, 0.29) is 5.75 Å². The molecule has 2 aromatic carbocycles. The predicted molar refractivity (Wildman–Crippen MR) is 136 cm³/mol. The van der Waals surface area contributed by atoms with Gasteiger partial charge >= 0.3 is 0 Å². The molecule has 1 aromatic heterocycles. The van der Waals surface area contributed by atoms with Crippen molar-refractivity contribution in [1.29, 1.82) is 5.26 Å². The number of nitriles is 1. The van der Waals surface area contributed by atoms with Crippen LogP contribution in [0.1, 0.15) is 23.6 Å². The van der Waals surface area contributed by atoms with E-state index in [1.807, 2.05) is 38.1 Å². The third-order valence-corrected chi connectivity index (χ3v) is 7.79. The molecule has 3 aromatic rings. The van der Waals surface area contributed by atoms with Crippen LogP contribution in [0.25, 0.3) is 0 Å². The molecule has 1 aliphatic rings. The lowest BCUT2D eigenvalue weighted by Gasteiger charge is -2.35. The number of benzene rings is 2. The zero-order valence-corrected chi connectivity index (χ0v) is 20.8. The number of hydrogen-bond acceptors (Lipinski definition) is 8. The molecule has 0 radical (unpaired) electrons. The van der Waals surface area contributed by atoms with Crippen molar-refractivity contribution in [3.63, 3.8) is 0 Å². The summed E-state index contributed by atoms with van der Waals surface area (Å²) in [6, 6.07) is 15.3. The second kappa shape index (κ2) is 10.3. The fourth-order valence-electron chi connectivity index (χ4n) is 4.03. The number of rotatable bonds is 7. The summed E-state index contributed by atoms with van der Waals surface area (Å²) in [5.41, 5.74) is 4.17. The molecule has 0 unspecified atom stereocenters. The van der Waals surface area contributed by atoms with Crippen LogP contribution in [0.5, 0.6) is 11.6 Å². The van der Waals surface area contributed by atoms with Crippen LogP contribution in [0.4, 0.5) is 17.3 Å². The van der Waals surface area contributed by atoms with E-state index in [0.717, 1.165) is 22.5 Å². The normalized spacial score (nSPS) is 14.4. The first-order valence-electron chi connectivity index (χ1n) is 11.4. The van der Waals surface area contributed by atoms with Crippen molar-refractivity contribution in [3.05, 3.63) is 65.4 Å². The van der Waals surface area contributed by atoms with Gasteiger partial charge in [0, 0.05) is 49.8 Å². The van der Waals surface area contributed by atoms with E-state index >= 15 is 0 Å². The first-order chi connectivity index (χ1) is 16.8. The van der Waals surface area contributed by atoms with Crippen molar-refractivity contribution < 1.29 is 13.2 Å². The Morgan fingerprint density at radius 2 is 1.71 bits per heavy atom. The summed E-state index contributed by atoms with van der Waals surface area (Å²) in [5.74, 6) is 1.60. The molecule has 10 heteroatoms. The van der Waals surface area contributed by atoms with E-state index < -0.39 is 10.0 Å². The van der Waals surface area contributed by atoms with Gasteiger partial charge in [0.25, 0.3) is 0 Å². The molecule has 0 amide bonds. The third kappa shape index (κ3) is 5.70. The minimum Gasteiger partial charge on any atom is -0.438 e. The lowest BCUT2D eigenvalue weighted by Crippen LogP contribution is -2.49. The van der Waals surface area contributed by atoms with Gasteiger partial charge in [-0.3, -0.25) is 0 Å².